The largest absolute Gasteiger partial charge is 0.495 e. The Morgan fingerprint density at radius 1 is 1.00 bits per heavy atom. The fraction of sp³-hybridized carbons (Fsp3) is 0.250. The van der Waals surface area contributed by atoms with Crippen LogP contribution in [0.1, 0.15) is 26.3 Å². The Bertz CT molecular complexity index is 697. The van der Waals surface area contributed by atoms with Gasteiger partial charge in [0, 0.05) is 5.57 Å². The lowest BCUT2D eigenvalue weighted by Crippen LogP contribution is -2.24. The predicted molar refractivity (Wildman–Crippen MR) is 95.5 cm³/mol. The van der Waals surface area contributed by atoms with Crippen LogP contribution in [0.15, 0.2) is 60.2 Å². The SMILES string of the molecule is COc1ccccc1NC(=O)/C(=C/c1ccccc1)C(C)(C)C. The second kappa shape index (κ2) is 7.14. The summed E-state index contributed by atoms with van der Waals surface area (Å²) < 4.78 is 5.30. The van der Waals surface area contributed by atoms with Gasteiger partial charge in [0.2, 0.25) is 0 Å². The summed E-state index contributed by atoms with van der Waals surface area (Å²) >= 11 is 0. The van der Waals surface area contributed by atoms with Crippen molar-refractivity contribution in [3.8, 4) is 5.75 Å². The van der Waals surface area contributed by atoms with Crippen LogP contribution >= 0.6 is 0 Å². The van der Waals surface area contributed by atoms with Gasteiger partial charge in [0.1, 0.15) is 5.75 Å². The minimum atomic E-state index is -0.276. The number of carbonyl (C=O) groups is 1. The average molecular weight is 309 g/mol. The molecule has 0 heterocycles. The molecule has 0 unspecified atom stereocenters. The van der Waals surface area contributed by atoms with E-state index in [0.717, 1.165) is 11.1 Å². The van der Waals surface area contributed by atoms with Crippen LogP contribution in [0, 0.1) is 5.41 Å². The summed E-state index contributed by atoms with van der Waals surface area (Å²) in [6, 6.07) is 17.3. The first-order chi connectivity index (χ1) is 10.9. The summed E-state index contributed by atoms with van der Waals surface area (Å²) in [6.07, 6.45) is 1.94. The lowest BCUT2D eigenvalue weighted by molar-refractivity contribution is -0.113. The lowest BCUT2D eigenvalue weighted by Gasteiger charge is -2.23. The molecular weight excluding hydrogens is 286 g/mol. The second-order valence-corrected chi connectivity index (χ2v) is 6.37. The van der Waals surface area contributed by atoms with Gasteiger partial charge in [-0.25, -0.2) is 0 Å². The first kappa shape index (κ1) is 16.8. The highest BCUT2D eigenvalue weighted by molar-refractivity contribution is 6.08. The lowest BCUT2D eigenvalue weighted by atomic mass is 9.84. The number of para-hydroxylation sites is 2. The topological polar surface area (TPSA) is 38.3 Å². The number of ether oxygens (including phenoxy) is 1. The Labute approximate surface area is 138 Å². The molecule has 2 aromatic rings. The maximum Gasteiger partial charge on any atom is 0.252 e. The van der Waals surface area contributed by atoms with E-state index in [2.05, 4.69) is 5.32 Å². The Morgan fingerprint density at radius 2 is 1.61 bits per heavy atom. The van der Waals surface area contributed by atoms with Crippen molar-refractivity contribution in [3.05, 3.63) is 65.7 Å². The molecule has 23 heavy (non-hydrogen) atoms. The second-order valence-electron chi connectivity index (χ2n) is 6.37. The van der Waals surface area contributed by atoms with E-state index >= 15 is 0 Å². The number of carbonyl (C=O) groups excluding carboxylic acids is 1. The summed E-state index contributed by atoms with van der Waals surface area (Å²) in [5.74, 6) is 0.527. The number of methoxy groups -OCH3 is 1. The smallest absolute Gasteiger partial charge is 0.252 e. The van der Waals surface area contributed by atoms with Gasteiger partial charge in [-0.15, -0.1) is 0 Å². The molecule has 3 nitrogen and oxygen atoms in total. The molecule has 0 aliphatic carbocycles. The quantitative estimate of drug-likeness (QED) is 0.827. The van der Waals surface area contributed by atoms with Gasteiger partial charge in [-0.1, -0.05) is 63.2 Å². The maximum atomic E-state index is 12.8. The number of benzene rings is 2. The van der Waals surface area contributed by atoms with Gasteiger partial charge in [-0.05, 0) is 29.2 Å². The van der Waals surface area contributed by atoms with Gasteiger partial charge in [-0.2, -0.15) is 0 Å². The van der Waals surface area contributed by atoms with E-state index in [9.17, 15) is 4.79 Å². The summed E-state index contributed by atoms with van der Waals surface area (Å²) in [5, 5.41) is 2.96. The first-order valence-electron chi connectivity index (χ1n) is 7.63. The van der Waals surface area contributed by atoms with Crippen molar-refractivity contribution in [2.24, 2.45) is 5.41 Å². The molecule has 0 aliphatic rings. The zero-order valence-electron chi connectivity index (χ0n) is 14.1. The molecule has 0 fully saturated rings. The number of hydrogen-bond acceptors (Lipinski definition) is 2. The van der Waals surface area contributed by atoms with Crippen molar-refractivity contribution < 1.29 is 9.53 Å². The van der Waals surface area contributed by atoms with Gasteiger partial charge < -0.3 is 10.1 Å². The average Bonchev–Trinajstić information content (AvgIpc) is 2.53. The molecule has 0 atom stereocenters. The number of nitrogens with one attached hydrogen (secondary N) is 1. The van der Waals surface area contributed by atoms with E-state index in [1.54, 1.807) is 7.11 Å². The molecule has 0 bridgehead atoms. The highest BCUT2D eigenvalue weighted by Crippen LogP contribution is 2.30. The minimum absolute atomic E-state index is 0.120. The van der Waals surface area contributed by atoms with Crippen molar-refractivity contribution >= 4 is 17.7 Å². The highest BCUT2D eigenvalue weighted by atomic mass is 16.5. The van der Waals surface area contributed by atoms with Crippen molar-refractivity contribution in [2.75, 3.05) is 12.4 Å². The van der Waals surface area contributed by atoms with E-state index in [1.165, 1.54) is 0 Å². The van der Waals surface area contributed by atoms with E-state index in [4.69, 9.17) is 4.74 Å². The third kappa shape index (κ3) is 4.46. The molecule has 2 aromatic carbocycles. The first-order valence-corrected chi connectivity index (χ1v) is 7.63. The standard InChI is InChI=1S/C20H23NO2/c1-20(2,3)16(14-15-10-6-5-7-11-15)19(22)21-17-12-8-9-13-18(17)23-4/h5-14H,1-4H3,(H,21,22)/b16-14-. The van der Waals surface area contributed by atoms with Gasteiger partial charge in [0.25, 0.3) is 5.91 Å². The summed E-state index contributed by atoms with van der Waals surface area (Å²) in [5.41, 5.74) is 2.12. The molecule has 1 amide bonds. The van der Waals surface area contributed by atoms with Crippen LogP contribution in [-0.2, 0) is 4.79 Å². The summed E-state index contributed by atoms with van der Waals surface area (Å²) in [4.78, 5) is 12.8. The third-order valence-corrected chi connectivity index (χ3v) is 3.52. The zero-order valence-corrected chi connectivity index (χ0v) is 14.1. The molecule has 1 N–H and O–H groups in total. The van der Waals surface area contributed by atoms with Crippen molar-refractivity contribution in [2.45, 2.75) is 20.8 Å². The molecule has 0 saturated heterocycles. The van der Waals surface area contributed by atoms with E-state index in [1.807, 2.05) is 81.4 Å². The van der Waals surface area contributed by atoms with Crippen LogP contribution in [0.4, 0.5) is 5.69 Å². The summed E-state index contributed by atoms with van der Waals surface area (Å²) in [7, 11) is 1.59. The Morgan fingerprint density at radius 3 is 2.22 bits per heavy atom. The molecule has 0 radical (unpaired) electrons. The Kier molecular flexibility index (Phi) is 5.22. The van der Waals surface area contributed by atoms with Gasteiger partial charge in [-0.3, -0.25) is 4.79 Å². The van der Waals surface area contributed by atoms with Crippen LogP contribution in [0.2, 0.25) is 0 Å². The molecule has 2 rings (SSSR count). The van der Waals surface area contributed by atoms with E-state index in [0.29, 0.717) is 11.4 Å². The molecule has 120 valence electrons. The molecule has 0 spiro atoms. The van der Waals surface area contributed by atoms with Crippen LogP contribution in [-0.4, -0.2) is 13.0 Å². The Hall–Kier alpha value is -2.55. The number of anilines is 1. The maximum absolute atomic E-state index is 12.8. The van der Waals surface area contributed by atoms with Gasteiger partial charge in [0.15, 0.2) is 0 Å². The molecule has 0 saturated carbocycles. The molecule has 0 aliphatic heterocycles. The van der Waals surface area contributed by atoms with Gasteiger partial charge in [0.05, 0.1) is 12.8 Å². The van der Waals surface area contributed by atoms with E-state index < -0.39 is 0 Å². The van der Waals surface area contributed by atoms with Crippen LogP contribution < -0.4 is 10.1 Å². The van der Waals surface area contributed by atoms with E-state index in [-0.39, 0.29) is 11.3 Å². The molecular formula is C20H23NO2. The monoisotopic (exact) mass is 309 g/mol. The number of amides is 1. The zero-order chi connectivity index (χ0) is 16.9. The van der Waals surface area contributed by atoms with Crippen molar-refractivity contribution in [1.82, 2.24) is 0 Å². The Balaban J connectivity index is 2.33. The molecule has 0 aromatic heterocycles. The van der Waals surface area contributed by atoms with Crippen LogP contribution in [0.5, 0.6) is 5.75 Å². The number of rotatable bonds is 4. The van der Waals surface area contributed by atoms with Gasteiger partial charge >= 0.3 is 0 Å². The summed E-state index contributed by atoms with van der Waals surface area (Å²) in [6.45, 7) is 6.09. The highest BCUT2D eigenvalue weighted by Gasteiger charge is 2.24. The normalized spacial score (nSPS) is 11.9. The fourth-order valence-corrected chi connectivity index (χ4v) is 2.28. The fourth-order valence-electron chi connectivity index (χ4n) is 2.28. The number of hydrogen-bond donors (Lipinski definition) is 1. The van der Waals surface area contributed by atoms with Crippen LogP contribution in [0.25, 0.3) is 6.08 Å². The molecule has 3 heteroatoms. The van der Waals surface area contributed by atoms with Crippen LogP contribution in [0.3, 0.4) is 0 Å². The minimum Gasteiger partial charge on any atom is -0.495 e. The van der Waals surface area contributed by atoms with Crippen molar-refractivity contribution in [3.63, 3.8) is 0 Å². The third-order valence-electron chi connectivity index (χ3n) is 3.52. The van der Waals surface area contributed by atoms with Crippen molar-refractivity contribution in [1.29, 1.82) is 0 Å². The predicted octanol–water partition coefficient (Wildman–Crippen LogP) is 4.76.